The Kier molecular flexibility index (Phi) is 2.49. The van der Waals surface area contributed by atoms with Crippen LogP contribution in [0.3, 0.4) is 0 Å². The second-order valence-corrected chi connectivity index (χ2v) is 4.86. The van der Waals surface area contributed by atoms with Crippen molar-refractivity contribution in [1.82, 2.24) is 5.32 Å². The number of rotatable bonds is 2. The summed E-state index contributed by atoms with van der Waals surface area (Å²) < 4.78 is 5.17. The van der Waals surface area contributed by atoms with E-state index in [1.807, 2.05) is 24.3 Å². The molecule has 2 fully saturated rings. The van der Waals surface area contributed by atoms with Gasteiger partial charge in [0.25, 0.3) is 11.1 Å². The summed E-state index contributed by atoms with van der Waals surface area (Å²) in [5.74, 6) is -0.324. The molecule has 0 spiro atoms. The van der Waals surface area contributed by atoms with Crippen LogP contribution in [0.2, 0.25) is 0 Å². The van der Waals surface area contributed by atoms with E-state index >= 15 is 0 Å². The first-order valence-electron chi connectivity index (χ1n) is 5.19. The lowest BCUT2D eigenvalue weighted by Crippen LogP contribution is -2.17. The predicted molar refractivity (Wildman–Crippen MR) is 64.2 cm³/mol. The molecule has 1 aromatic rings. The molecular weight excluding hydrogens is 238 g/mol. The highest BCUT2D eigenvalue weighted by Gasteiger charge is 2.26. The molecule has 2 aliphatic rings. The Labute approximate surface area is 102 Å². The maximum absolute atomic E-state index is 11.3. The first-order chi connectivity index (χ1) is 8.22. The number of hydrogen-bond donors (Lipinski definition) is 1. The summed E-state index contributed by atoms with van der Waals surface area (Å²) in [5, 5.41) is 1.91. The largest absolute Gasteiger partial charge is 0.368 e. The number of hydrogen-bond acceptors (Lipinski definition) is 4. The summed E-state index contributed by atoms with van der Waals surface area (Å²) in [7, 11) is 0. The van der Waals surface area contributed by atoms with Gasteiger partial charge < -0.3 is 4.74 Å². The summed E-state index contributed by atoms with van der Waals surface area (Å²) in [4.78, 5) is 22.7. The maximum Gasteiger partial charge on any atom is 0.290 e. The zero-order chi connectivity index (χ0) is 11.8. The number of benzene rings is 1. The Bertz CT molecular complexity index is 517. The van der Waals surface area contributed by atoms with Crippen LogP contribution in [0.25, 0.3) is 6.08 Å². The van der Waals surface area contributed by atoms with Gasteiger partial charge in [0.1, 0.15) is 6.10 Å². The van der Waals surface area contributed by atoms with Crippen molar-refractivity contribution in [3.05, 3.63) is 40.3 Å². The summed E-state index contributed by atoms with van der Waals surface area (Å²) in [6, 6.07) is 7.79. The van der Waals surface area contributed by atoms with Crippen LogP contribution in [0.5, 0.6) is 0 Å². The van der Waals surface area contributed by atoms with Crippen molar-refractivity contribution in [2.75, 3.05) is 6.61 Å². The van der Waals surface area contributed by atoms with Gasteiger partial charge in [-0.25, -0.2) is 0 Å². The normalized spacial score (nSPS) is 25.2. The molecule has 2 heterocycles. The second kappa shape index (κ2) is 4.01. The van der Waals surface area contributed by atoms with E-state index in [9.17, 15) is 9.59 Å². The van der Waals surface area contributed by atoms with Gasteiger partial charge in [0.2, 0.25) is 0 Å². The molecular formula is C12H9NO3S. The molecule has 0 saturated carbocycles. The van der Waals surface area contributed by atoms with Gasteiger partial charge >= 0.3 is 0 Å². The summed E-state index contributed by atoms with van der Waals surface area (Å²) in [6.07, 6.45) is 1.95. The first-order valence-corrected chi connectivity index (χ1v) is 6.00. The molecule has 4 nitrogen and oxygen atoms in total. The van der Waals surface area contributed by atoms with Gasteiger partial charge in [-0.3, -0.25) is 14.9 Å². The van der Waals surface area contributed by atoms with E-state index in [1.165, 1.54) is 0 Å². The Morgan fingerprint density at radius 2 is 2.00 bits per heavy atom. The molecule has 0 aromatic heterocycles. The molecule has 0 aliphatic carbocycles. The number of amides is 2. The van der Waals surface area contributed by atoms with Crippen molar-refractivity contribution in [1.29, 1.82) is 0 Å². The van der Waals surface area contributed by atoms with Gasteiger partial charge in [0.15, 0.2) is 0 Å². The summed E-state index contributed by atoms with van der Waals surface area (Å²) in [5.41, 5.74) is 2.05. The smallest absolute Gasteiger partial charge is 0.290 e. The molecule has 0 bridgehead atoms. The monoisotopic (exact) mass is 247 g/mol. The van der Waals surface area contributed by atoms with Gasteiger partial charge in [-0.05, 0) is 29.0 Å². The van der Waals surface area contributed by atoms with Gasteiger partial charge in [-0.2, -0.15) is 0 Å². The highest BCUT2D eigenvalue weighted by Crippen LogP contribution is 2.30. The Morgan fingerprint density at radius 1 is 1.29 bits per heavy atom. The van der Waals surface area contributed by atoms with Crippen LogP contribution in [0.1, 0.15) is 17.2 Å². The quantitative estimate of drug-likeness (QED) is 0.642. The van der Waals surface area contributed by atoms with Crippen molar-refractivity contribution >= 4 is 29.0 Å². The highest BCUT2D eigenvalue weighted by molar-refractivity contribution is 8.18. The maximum atomic E-state index is 11.3. The number of ether oxygens (including phenoxy) is 1. The lowest BCUT2D eigenvalue weighted by atomic mass is 10.1. The van der Waals surface area contributed by atoms with E-state index in [0.717, 1.165) is 29.5 Å². The van der Waals surface area contributed by atoms with E-state index in [-0.39, 0.29) is 17.3 Å². The third kappa shape index (κ3) is 2.25. The minimum absolute atomic E-state index is 0.238. The summed E-state index contributed by atoms with van der Waals surface area (Å²) in [6.45, 7) is 0.785. The number of nitrogens with one attached hydrogen (secondary N) is 1. The number of carbonyl (C=O) groups excluding carboxylic acids is 2. The Balaban J connectivity index is 1.82. The third-order valence-electron chi connectivity index (χ3n) is 2.58. The van der Waals surface area contributed by atoms with Crippen molar-refractivity contribution in [3.8, 4) is 0 Å². The topological polar surface area (TPSA) is 58.7 Å². The fourth-order valence-corrected chi connectivity index (χ4v) is 2.30. The molecule has 2 saturated heterocycles. The molecule has 5 heteroatoms. The molecule has 0 radical (unpaired) electrons. The molecule has 1 aromatic carbocycles. The van der Waals surface area contributed by atoms with E-state index in [4.69, 9.17) is 4.74 Å². The lowest BCUT2D eigenvalue weighted by molar-refractivity contribution is -0.115. The Hall–Kier alpha value is -1.59. The molecule has 2 amide bonds. The first kappa shape index (κ1) is 10.6. The average molecular weight is 247 g/mol. The van der Waals surface area contributed by atoms with Crippen LogP contribution in [-0.4, -0.2) is 17.8 Å². The van der Waals surface area contributed by atoms with Gasteiger partial charge in [0.05, 0.1) is 11.5 Å². The van der Waals surface area contributed by atoms with Crippen molar-refractivity contribution in [2.24, 2.45) is 0 Å². The van der Waals surface area contributed by atoms with Crippen LogP contribution in [-0.2, 0) is 9.53 Å². The predicted octanol–water partition coefficient (Wildman–Crippen LogP) is 2.08. The van der Waals surface area contributed by atoms with Crippen molar-refractivity contribution in [2.45, 2.75) is 6.10 Å². The fourth-order valence-electron chi connectivity index (χ4n) is 1.62. The lowest BCUT2D eigenvalue weighted by Gasteiger charge is -1.97. The molecule has 2 aliphatic heterocycles. The minimum atomic E-state index is -0.324. The van der Waals surface area contributed by atoms with Crippen LogP contribution in [0.15, 0.2) is 29.2 Å². The molecule has 17 heavy (non-hydrogen) atoms. The number of epoxide rings is 1. The molecule has 3 rings (SSSR count). The van der Waals surface area contributed by atoms with E-state index < -0.39 is 0 Å². The summed E-state index contributed by atoms with van der Waals surface area (Å²) >= 11 is 0.928. The van der Waals surface area contributed by atoms with Gasteiger partial charge in [-0.1, -0.05) is 24.3 Å². The SMILES string of the molecule is O=C1NC(=O)/C(=C/c2ccc(C3CO3)cc2)S1. The molecule has 1 unspecified atom stereocenters. The molecule has 1 N–H and O–H groups in total. The Morgan fingerprint density at radius 3 is 2.53 bits per heavy atom. The van der Waals surface area contributed by atoms with Gasteiger partial charge in [0, 0.05) is 0 Å². The van der Waals surface area contributed by atoms with Crippen LogP contribution in [0, 0.1) is 0 Å². The zero-order valence-electron chi connectivity index (χ0n) is 8.80. The third-order valence-corrected chi connectivity index (χ3v) is 3.39. The standard InChI is InChI=1S/C12H9NO3S/c14-11-10(17-12(15)13-11)5-7-1-3-8(4-2-7)9-6-16-9/h1-5,9H,6H2,(H,13,14,15)/b10-5-. The number of thioether (sulfide) groups is 1. The highest BCUT2D eigenvalue weighted by atomic mass is 32.2. The fraction of sp³-hybridized carbons (Fsp3) is 0.167. The number of imide groups is 1. The van der Waals surface area contributed by atoms with Crippen LogP contribution in [0.4, 0.5) is 4.79 Å². The zero-order valence-corrected chi connectivity index (χ0v) is 9.62. The van der Waals surface area contributed by atoms with Crippen LogP contribution >= 0.6 is 11.8 Å². The minimum Gasteiger partial charge on any atom is -0.368 e. The van der Waals surface area contributed by atoms with E-state index in [0.29, 0.717) is 4.91 Å². The average Bonchev–Trinajstić information content (AvgIpc) is 3.08. The van der Waals surface area contributed by atoms with Gasteiger partial charge in [-0.15, -0.1) is 0 Å². The molecule has 1 atom stereocenters. The second-order valence-electron chi connectivity index (χ2n) is 3.84. The molecule has 86 valence electrons. The van der Waals surface area contributed by atoms with E-state index in [1.54, 1.807) is 6.08 Å². The number of carbonyl (C=O) groups is 2. The van der Waals surface area contributed by atoms with Crippen LogP contribution < -0.4 is 5.32 Å². The van der Waals surface area contributed by atoms with Crippen molar-refractivity contribution in [3.63, 3.8) is 0 Å². The van der Waals surface area contributed by atoms with E-state index in [2.05, 4.69) is 5.32 Å². The van der Waals surface area contributed by atoms with Crippen molar-refractivity contribution < 1.29 is 14.3 Å².